The molecular formula is C11H17N3O5S. The van der Waals surface area contributed by atoms with Gasteiger partial charge < -0.3 is 9.84 Å². The molecule has 0 aliphatic carbocycles. The van der Waals surface area contributed by atoms with Crippen molar-refractivity contribution in [2.24, 2.45) is 0 Å². The Kier molecular flexibility index (Phi) is 4.73. The maximum absolute atomic E-state index is 11.9. The quantitative estimate of drug-likeness (QED) is 0.764. The number of hydrogen-bond donors (Lipinski definition) is 2. The first-order valence-electron chi connectivity index (χ1n) is 6.32. The number of carbonyl (C=O) groups is 1. The minimum Gasteiger partial charge on any atom is -0.481 e. The standard InChI is InChI=1S/C11H17N3O5S/c15-11(16)1-4-13-20(17,18)10-7-12-14(8-10)9-2-5-19-6-3-9/h7-9,13H,1-6H2,(H,15,16). The van der Waals surface area contributed by atoms with Gasteiger partial charge in [-0.05, 0) is 12.8 Å². The van der Waals surface area contributed by atoms with Crippen LogP contribution in [0.5, 0.6) is 0 Å². The Morgan fingerprint density at radius 1 is 1.50 bits per heavy atom. The van der Waals surface area contributed by atoms with Gasteiger partial charge in [-0.25, -0.2) is 13.1 Å². The van der Waals surface area contributed by atoms with Crippen molar-refractivity contribution in [2.75, 3.05) is 19.8 Å². The van der Waals surface area contributed by atoms with Gasteiger partial charge in [0.05, 0.1) is 18.7 Å². The number of nitrogens with zero attached hydrogens (tertiary/aromatic N) is 2. The molecule has 1 aliphatic rings. The third-order valence-corrected chi connectivity index (χ3v) is 4.50. The first-order chi connectivity index (χ1) is 9.49. The van der Waals surface area contributed by atoms with Crippen LogP contribution in [0.4, 0.5) is 0 Å². The number of carboxylic acid groups (broad SMARTS) is 1. The van der Waals surface area contributed by atoms with Gasteiger partial charge in [-0.15, -0.1) is 0 Å². The van der Waals surface area contributed by atoms with E-state index in [0.29, 0.717) is 13.2 Å². The van der Waals surface area contributed by atoms with E-state index >= 15 is 0 Å². The number of aliphatic carboxylic acids is 1. The van der Waals surface area contributed by atoms with Crippen LogP contribution in [-0.4, -0.2) is 49.0 Å². The monoisotopic (exact) mass is 303 g/mol. The molecule has 20 heavy (non-hydrogen) atoms. The van der Waals surface area contributed by atoms with Crippen molar-refractivity contribution >= 4 is 16.0 Å². The third-order valence-electron chi connectivity index (χ3n) is 3.08. The van der Waals surface area contributed by atoms with Gasteiger partial charge in [0.1, 0.15) is 4.90 Å². The normalized spacial score (nSPS) is 17.2. The predicted molar refractivity (Wildman–Crippen MR) is 68.8 cm³/mol. The summed E-state index contributed by atoms with van der Waals surface area (Å²) in [5.41, 5.74) is 0. The maximum atomic E-state index is 11.9. The van der Waals surface area contributed by atoms with E-state index in [9.17, 15) is 13.2 Å². The summed E-state index contributed by atoms with van der Waals surface area (Å²) < 4.78 is 33.0. The summed E-state index contributed by atoms with van der Waals surface area (Å²) in [6, 6.07) is 0.145. The van der Waals surface area contributed by atoms with Gasteiger partial charge in [0.2, 0.25) is 10.0 Å². The third kappa shape index (κ3) is 3.78. The summed E-state index contributed by atoms with van der Waals surface area (Å²) in [4.78, 5) is 10.4. The number of carboxylic acids is 1. The predicted octanol–water partition coefficient (Wildman–Crippen LogP) is -0.0124. The van der Waals surface area contributed by atoms with E-state index in [4.69, 9.17) is 9.84 Å². The topological polar surface area (TPSA) is 111 Å². The van der Waals surface area contributed by atoms with E-state index in [0.717, 1.165) is 12.8 Å². The lowest BCUT2D eigenvalue weighted by atomic mass is 10.1. The van der Waals surface area contributed by atoms with Crippen molar-refractivity contribution in [3.8, 4) is 0 Å². The molecule has 0 spiro atoms. The molecule has 1 aliphatic heterocycles. The van der Waals surface area contributed by atoms with Gasteiger partial charge in [-0.3, -0.25) is 9.48 Å². The second kappa shape index (κ2) is 6.33. The van der Waals surface area contributed by atoms with E-state index in [2.05, 4.69) is 9.82 Å². The van der Waals surface area contributed by atoms with Crippen molar-refractivity contribution in [3.05, 3.63) is 12.4 Å². The smallest absolute Gasteiger partial charge is 0.304 e. The average Bonchev–Trinajstić information content (AvgIpc) is 2.89. The Balaban J connectivity index is 2.01. The Hall–Kier alpha value is -1.45. The van der Waals surface area contributed by atoms with Crippen molar-refractivity contribution < 1.29 is 23.1 Å². The molecule has 0 bridgehead atoms. The molecule has 2 heterocycles. The number of aromatic nitrogens is 2. The second-order valence-electron chi connectivity index (χ2n) is 4.54. The molecule has 0 atom stereocenters. The summed E-state index contributed by atoms with van der Waals surface area (Å²) in [5, 5.41) is 12.6. The molecule has 0 unspecified atom stereocenters. The molecule has 112 valence electrons. The minimum absolute atomic E-state index is 0.0504. The number of hydrogen-bond acceptors (Lipinski definition) is 5. The highest BCUT2D eigenvalue weighted by atomic mass is 32.2. The molecule has 9 heteroatoms. The van der Waals surface area contributed by atoms with Crippen molar-refractivity contribution in [3.63, 3.8) is 0 Å². The fourth-order valence-electron chi connectivity index (χ4n) is 1.98. The second-order valence-corrected chi connectivity index (χ2v) is 6.31. The molecular weight excluding hydrogens is 286 g/mol. The Labute approximate surface area is 116 Å². The first kappa shape index (κ1) is 14.9. The zero-order valence-electron chi connectivity index (χ0n) is 10.9. The van der Waals surface area contributed by atoms with Crippen molar-refractivity contribution in [1.29, 1.82) is 0 Å². The molecule has 0 saturated carbocycles. The lowest BCUT2D eigenvalue weighted by Crippen LogP contribution is -2.26. The minimum atomic E-state index is -3.70. The van der Waals surface area contributed by atoms with Crippen LogP contribution in [0.15, 0.2) is 17.3 Å². The van der Waals surface area contributed by atoms with E-state index in [1.807, 2.05) is 0 Å². The number of sulfonamides is 1. The number of ether oxygens (including phenoxy) is 1. The fraction of sp³-hybridized carbons (Fsp3) is 0.636. The Bertz CT molecular complexity index is 562. The zero-order valence-corrected chi connectivity index (χ0v) is 11.7. The van der Waals surface area contributed by atoms with Crippen LogP contribution < -0.4 is 4.72 Å². The number of rotatable bonds is 6. The fourth-order valence-corrected chi connectivity index (χ4v) is 2.95. The molecule has 0 amide bonds. The number of nitrogens with one attached hydrogen (secondary N) is 1. The van der Waals surface area contributed by atoms with Gasteiger partial charge in [0.25, 0.3) is 0 Å². The van der Waals surface area contributed by atoms with E-state index in [1.54, 1.807) is 4.68 Å². The van der Waals surface area contributed by atoms with Crippen molar-refractivity contribution in [1.82, 2.24) is 14.5 Å². The molecule has 8 nitrogen and oxygen atoms in total. The summed E-state index contributed by atoms with van der Waals surface area (Å²) in [5.74, 6) is -1.05. The maximum Gasteiger partial charge on any atom is 0.304 e. The molecule has 1 saturated heterocycles. The molecule has 1 aromatic rings. The van der Waals surface area contributed by atoms with Crippen LogP contribution in [0.1, 0.15) is 25.3 Å². The highest BCUT2D eigenvalue weighted by Crippen LogP contribution is 2.21. The van der Waals surface area contributed by atoms with E-state index < -0.39 is 16.0 Å². The Morgan fingerprint density at radius 3 is 2.85 bits per heavy atom. The lowest BCUT2D eigenvalue weighted by molar-refractivity contribution is -0.136. The van der Waals surface area contributed by atoms with E-state index in [-0.39, 0.29) is 23.9 Å². The van der Waals surface area contributed by atoms with Crippen LogP contribution in [-0.2, 0) is 19.6 Å². The zero-order chi connectivity index (χ0) is 14.6. The van der Waals surface area contributed by atoms with Crippen LogP contribution >= 0.6 is 0 Å². The summed E-state index contributed by atoms with van der Waals surface area (Å²) in [6.45, 7) is 1.15. The van der Waals surface area contributed by atoms with Crippen molar-refractivity contribution in [2.45, 2.75) is 30.2 Å². The van der Waals surface area contributed by atoms with Crippen LogP contribution in [0.3, 0.4) is 0 Å². The van der Waals surface area contributed by atoms with Gasteiger partial charge in [-0.2, -0.15) is 5.10 Å². The van der Waals surface area contributed by atoms with Crippen LogP contribution in [0.2, 0.25) is 0 Å². The van der Waals surface area contributed by atoms with Crippen LogP contribution in [0.25, 0.3) is 0 Å². The highest BCUT2D eigenvalue weighted by Gasteiger charge is 2.21. The molecule has 2 N–H and O–H groups in total. The summed E-state index contributed by atoms with van der Waals surface area (Å²) in [6.07, 6.45) is 4.09. The first-order valence-corrected chi connectivity index (χ1v) is 7.81. The van der Waals surface area contributed by atoms with Gasteiger partial charge in [0.15, 0.2) is 0 Å². The Morgan fingerprint density at radius 2 is 2.20 bits per heavy atom. The van der Waals surface area contributed by atoms with Crippen LogP contribution in [0, 0.1) is 0 Å². The summed E-state index contributed by atoms with van der Waals surface area (Å²) in [7, 11) is -3.70. The molecule has 0 radical (unpaired) electrons. The molecule has 1 aromatic heterocycles. The molecule has 0 aromatic carbocycles. The average molecular weight is 303 g/mol. The molecule has 1 fully saturated rings. The van der Waals surface area contributed by atoms with E-state index in [1.165, 1.54) is 12.4 Å². The van der Waals surface area contributed by atoms with Gasteiger partial charge in [-0.1, -0.05) is 0 Å². The van der Waals surface area contributed by atoms with Gasteiger partial charge in [0, 0.05) is 26.0 Å². The largest absolute Gasteiger partial charge is 0.481 e. The molecule has 2 rings (SSSR count). The SMILES string of the molecule is O=C(O)CCNS(=O)(=O)c1cnn(C2CCOCC2)c1. The van der Waals surface area contributed by atoms with Gasteiger partial charge >= 0.3 is 5.97 Å². The summed E-state index contributed by atoms with van der Waals surface area (Å²) >= 11 is 0. The lowest BCUT2D eigenvalue weighted by Gasteiger charge is -2.22. The highest BCUT2D eigenvalue weighted by molar-refractivity contribution is 7.89.